The lowest BCUT2D eigenvalue weighted by atomic mass is 10.0. The first-order valence-electron chi connectivity index (χ1n) is 14.2. The van der Waals surface area contributed by atoms with E-state index in [-0.39, 0.29) is 38.4 Å². The Morgan fingerprint density at radius 3 is 1.61 bits per heavy atom. The first-order valence-corrected chi connectivity index (χ1v) is 15.0. The van der Waals surface area contributed by atoms with E-state index in [0.29, 0.717) is 24.3 Å². The summed E-state index contributed by atoms with van der Waals surface area (Å²) < 4.78 is 35.6. The van der Waals surface area contributed by atoms with Gasteiger partial charge in [-0.3, -0.25) is 9.59 Å². The molecule has 9 heteroatoms. The summed E-state index contributed by atoms with van der Waals surface area (Å²) in [4.78, 5) is 24.6. The number of ether oxygens (including phenoxy) is 6. The highest BCUT2D eigenvalue weighted by atomic mass is 79.9. The summed E-state index contributed by atoms with van der Waals surface area (Å²) in [6.45, 7) is 4.76. The van der Waals surface area contributed by atoms with Crippen molar-refractivity contribution in [3.63, 3.8) is 0 Å². The fourth-order valence-electron chi connectivity index (χ4n) is 4.47. The molecule has 0 aromatic heterocycles. The van der Waals surface area contributed by atoms with Crippen LogP contribution in [0, 0.1) is 0 Å². The SMILES string of the molecule is CCCCC(=O)OC(COC)COc1c2ccccc2c(OCC(COC)OC(=O)CCCC)c2cc(Br)ccc12. The molecule has 0 heterocycles. The third-order valence-corrected chi connectivity index (χ3v) is 6.98. The van der Waals surface area contributed by atoms with Crippen molar-refractivity contribution in [2.45, 2.75) is 64.6 Å². The summed E-state index contributed by atoms with van der Waals surface area (Å²) in [6.07, 6.45) is 2.98. The highest BCUT2D eigenvalue weighted by Crippen LogP contribution is 2.43. The van der Waals surface area contributed by atoms with Gasteiger partial charge in [0.25, 0.3) is 0 Å². The van der Waals surface area contributed by atoms with Crippen LogP contribution in [0.15, 0.2) is 46.9 Å². The van der Waals surface area contributed by atoms with Gasteiger partial charge in [0.05, 0.1) is 13.2 Å². The summed E-state index contributed by atoms with van der Waals surface area (Å²) >= 11 is 3.59. The lowest BCUT2D eigenvalue weighted by Crippen LogP contribution is -2.30. The van der Waals surface area contributed by atoms with E-state index < -0.39 is 12.2 Å². The van der Waals surface area contributed by atoms with Crippen molar-refractivity contribution in [3.05, 3.63) is 46.9 Å². The number of halogens is 1. The first-order chi connectivity index (χ1) is 19.9. The molecule has 0 N–H and O–H groups in total. The van der Waals surface area contributed by atoms with E-state index in [1.807, 2.05) is 56.3 Å². The number of carbonyl (C=O) groups excluding carboxylic acids is 2. The van der Waals surface area contributed by atoms with Gasteiger partial charge < -0.3 is 28.4 Å². The second kappa shape index (κ2) is 17.2. The Morgan fingerprint density at radius 2 is 1.15 bits per heavy atom. The Hall–Kier alpha value is -2.88. The fourth-order valence-corrected chi connectivity index (χ4v) is 4.83. The standard InChI is InChI=1S/C32H41BrO8/c1-5-7-13-29(34)40-23(18-36-3)20-38-31-25-11-9-10-12-26(25)32(28-17-22(33)15-16-27(28)31)39-21-24(19-37-4)41-30(35)14-8-6-2/h9-12,15-17,23-24H,5-8,13-14,18-21H2,1-4H3. The number of hydrogen-bond acceptors (Lipinski definition) is 8. The molecule has 41 heavy (non-hydrogen) atoms. The highest BCUT2D eigenvalue weighted by Gasteiger charge is 2.22. The van der Waals surface area contributed by atoms with Crippen LogP contribution in [0.2, 0.25) is 0 Å². The van der Waals surface area contributed by atoms with E-state index in [2.05, 4.69) is 15.9 Å². The predicted molar refractivity (Wildman–Crippen MR) is 163 cm³/mol. The van der Waals surface area contributed by atoms with Crippen molar-refractivity contribution in [1.29, 1.82) is 0 Å². The predicted octanol–water partition coefficient (Wildman–Crippen LogP) is 7.01. The zero-order chi connectivity index (χ0) is 29.6. The van der Waals surface area contributed by atoms with Crippen molar-refractivity contribution < 1.29 is 38.0 Å². The number of benzene rings is 3. The third kappa shape index (κ3) is 9.58. The molecule has 0 aliphatic heterocycles. The minimum Gasteiger partial charge on any atom is -0.488 e. The van der Waals surface area contributed by atoms with Gasteiger partial charge in [-0.05, 0) is 31.0 Å². The van der Waals surface area contributed by atoms with Crippen molar-refractivity contribution in [2.75, 3.05) is 40.6 Å². The second-order valence-corrected chi connectivity index (χ2v) is 10.8. The number of unbranched alkanes of at least 4 members (excludes halogenated alkanes) is 2. The van der Waals surface area contributed by atoms with Crippen LogP contribution in [0.3, 0.4) is 0 Å². The molecule has 2 atom stereocenters. The van der Waals surface area contributed by atoms with E-state index in [1.54, 1.807) is 14.2 Å². The molecule has 224 valence electrons. The number of rotatable bonds is 18. The molecule has 0 amide bonds. The molecule has 2 unspecified atom stereocenters. The van der Waals surface area contributed by atoms with Crippen molar-refractivity contribution in [3.8, 4) is 11.5 Å². The normalized spacial score (nSPS) is 12.7. The van der Waals surface area contributed by atoms with E-state index in [1.165, 1.54) is 0 Å². The molecule has 0 aliphatic carbocycles. The van der Waals surface area contributed by atoms with Gasteiger partial charge in [0.2, 0.25) is 0 Å². The lowest BCUT2D eigenvalue weighted by Gasteiger charge is -2.22. The smallest absolute Gasteiger partial charge is 0.306 e. The van der Waals surface area contributed by atoms with E-state index in [4.69, 9.17) is 28.4 Å². The summed E-state index contributed by atoms with van der Waals surface area (Å²) in [6, 6.07) is 13.7. The average Bonchev–Trinajstić information content (AvgIpc) is 2.96. The van der Waals surface area contributed by atoms with E-state index >= 15 is 0 Å². The molecule has 3 aromatic rings. The van der Waals surface area contributed by atoms with Gasteiger partial charge in [0.15, 0.2) is 12.2 Å². The van der Waals surface area contributed by atoms with Gasteiger partial charge in [-0.2, -0.15) is 0 Å². The summed E-state index contributed by atoms with van der Waals surface area (Å²) in [5, 5.41) is 3.34. The Balaban J connectivity index is 1.94. The molecule has 0 radical (unpaired) electrons. The molecule has 0 spiro atoms. The first kappa shape index (κ1) is 32.6. The number of fused-ring (bicyclic) bond motifs is 2. The maximum atomic E-state index is 12.3. The summed E-state index contributed by atoms with van der Waals surface area (Å²) in [5.74, 6) is 0.774. The molecule has 0 saturated heterocycles. The molecular formula is C32H41BrO8. The Labute approximate surface area is 250 Å². The summed E-state index contributed by atoms with van der Waals surface area (Å²) in [5.41, 5.74) is 0. The molecule has 0 saturated carbocycles. The molecule has 3 aromatic carbocycles. The zero-order valence-electron chi connectivity index (χ0n) is 24.4. The number of methoxy groups -OCH3 is 2. The van der Waals surface area contributed by atoms with Gasteiger partial charge in [0.1, 0.15) is 24.7 Å². The minimum atomic E-state index is -0.557. The van der Waals surface area contributed by atoms with Crippen LogP contribution in [-0.2, 0) is 28.5 Å². The number of hydrogen-bond donors (Lipinski definition) is 0. The molecule has 8 nitrogen and oxygen atoms in total. The maximum Gasteiger partial charge on any atom is 0.306 e. The van der Waals surface area contributed by atoms with Crippen LogP contribution in [0.4, 0.5) is 0 Å². The Bertz CT molecular complexity index is 1280. The van der Waals surface area contributed by atoms with Crippen LogP contribution >= 0.6 is 15.9 Å². The highest BCUT2D eigenvalue weighted by molar-refractivity contribution is 9.10. The van der Waals surface area contributed by atoms with Gasteiger partial charge in [0, 0.05) is 53.1 Å². The van der Waals surface area contributed by atoms with Crippen LogP contribution < -0.4 is 9.47 Å². The fraction of sp³-hybridized carbons (Fsp3) is 0.500. The average molecular weight is 634 g/mol. The third-order valence-electron chi connectivity index (χ3n) is 6.48. The zero-order valence-corrected chi connectivity index (χ0v) is 26.0. The van der Waals surface area contributed by atoms with Gasteiger partial charge in [-0.15, -0.1) is 0 Å². The van der Waals surface area contributed by atoms with Gasteiger partial charge in [-0.25, -0.2) is 0 Å². The second-order valence-electron chi connectivity index (χ2n) is 9.86. The molecular weight excluding hydrogens is 592 g/mol. The maximum absolute atomic E-state index is 12.3. The van der Waals surface area contributed by atoms with Crippen molar-refractivity contribution >= 4 is 49.4 Å². The van der Waals surface area contributed by atoms with E-state index in [9.17, 15) is 9.59 Å². The monoisotopic (exact) mass is 632 g/mol. The number of esters is 2. The van der Waals surface area contributed by atoms with Crippen LogP contribution in [0.1, 0.15) is 52.4 Å². The topological polar surface area (TPSA) is 89.5 Å². The number of carbonyl (C=O) groups is 2. The summed E-state index contributed by atoms with van der Waals surface area (Å²) in [7, 11) is 3.14. The van der Waals surface area contributed by atoms with Crippen LogP contribution in [0.25, 0.3) is 21.5 Å². The van der Waals surface area contributed by atoms with Crippen LogP contribution in [0.5, 0.6) is 11.5 Å². The minimum absolute atomic E-state index is 0.126. The van der Waals surface area contributed by atoms with Gasteiger partial charge in [-0.1, -0.05) is 66.9 Å². The molecule has 0 fully saturated rings. The lowest BCUT2D eigenvalue weighted by molar-refractivity contribution is -0.154. The van der Waals surface area contributed by atoms with Crippen molar-refractivity contribution in [2.24, 2.45) is 0 Å². The van der Waals surface area contributed by atoms with Gasteiger partial charge >= 0.3 is 11.9 Å². The molecule has 3 rings (SSSR count). The van der Waals surface area contributed by atoms with Crippen molar-refractivity contribution in [1.82, 2.24) is 0 Å². The quantitative estimate of drug-likeness (QED) is 0.109. The molecule has 0 bridgehead atoms. The Morgan fingerprint density at radius 1 is 0.683 bits per heavy atom. The largest absolute Gasteiger partial charge is 0.488 e. The van der Waals surface area contributed by atoms with Crippen LogP contribution in [-0.4, -0.2) is 64.8 Å². The molecule has 0 aliphatic rings. The van der Waals surface area contributed by atoms with E-state index in [0.717, 1.165) is 51.7 Å². The Kier molecular flexibility index (Phi) is 13.7.